The van der Waals surface area contributed by atoms with Gasteiger partial charge in [0.2, 0.25) is 0 Å². The minimum Gasteiger partial charge on any atom is -0.318 e. The van der Waals surface area contributed by atoms with Crippen molar-refractivity contribution in [3.05, 3.63) is 38.0 Å². The Bertz CT molecular complexity index is 530. The highest BCUT2D eigenvalue weighted by Crippen LogP contribution is 2.35. The largest absolute Gasteiger partial charge is 0.318 e. The van der Waals surface area contributed by atoms with Crippen molar-refractivity contribution in [1.82, 2.24) is 4.98 Å². The van der Waals surface area contributed by atoms with E-state index in [9.17, 15) is 0 Å². The fourth-order valence-corrected chi connectivity index (χ4v) is 4.03. The lowest BCUT2D eigenvalue weighted by Crippen LogP contribution is -2.14. The molecule has 1 unspecified atom stereocenters. The lowest BCUT2D eigenvalue weighted by atomic mass is 9.93. The molecule has 0 saturated carbocycles. The van der Waals surface area contributed by atoms with Crippen LogP contribution in [0.1, 0.15) is 68.0 Å². The Kier molecular flexibility index (Phi) is 4.11. The third-order valence-electron chi connectivity index (χ3n) is 3.23. The number of nitrogens with zero attached hydrogens (tertiary/aromatic N) is 1. The molecule has 0 saturated heterocycles. The average Bonchev–Trinajstić information content (AvgIpc) is 2.96. The molecule has 0 aliphatic heterocycles. The van der Waals surface area contributed by atoms with E-state index in [-0.39, 0.29) is 16.9 Å². The molecule has 0 bridgehead atoms. The Morgan fingerprint density at radius 1 is 1.05 bits per heavy atom. The molecule has 0 aliphatic carbocycles. The molecule has 2 N–H and O–H groups in total. The summed E-state index contributed by atoms with van der Waals surface area (Å²) in [5, 5.41) is 3.14. The number of hydrogen-bond acceptors (Lipinski definition) is 4. The summed E-state index contributed by atoms with van der Waals surface area (Å²) in [6, 6.07) is 4.24. The lowest BCUT2D eigenvalue weighted by Gasteiger charge is -2.16. The van der Waals surface area contributed by atoms with Crippen LogP contribution in [0.2, 0.25) is 0 Å². The molecule has 0 amide bonds. The zero-order chi connectivity index (χ0) is 15.1. The van der Waals surface area contributed by atoms with E-state index in [1.807, 2.05) is 0 Å². The zero-order valence-electron chi connectivity index (χ0n) is 13.2. The second-order valence-electron chi connectivity index (χ2n) is 7.25. The average molecular weight is 309 g/mol. The van der Waals surface area contributed by atoms with Crippen LogP contribution in [-0.4, -0.2) is 4.98 Å². The van der Waals surface area contributed by atoms with Crippen LogP contribution in [0.4, 0.5) is 0 Å². The summed E-state index contributed by atoms with van der Waals surface area (Å²) >= 11 is 3.47. The Morgan fingerprint density at radius 3 is 2.15 bits per heavy atom. The predicted octanol–water partition coefficient (Wildman–Crippen LogP) is 4.85. The number of aromatic nitrogens is 1. The molecule has 2 rings (SSSR count). The molecule has 2 heterocycles. The second kappa shape index (κ2) is 5.24. The summed E-state index contributed by atoms with van der Waals surface area (Å²) in [7, 11) is 0. The lowest BCUT2D eigenvalue weighted by molar-refractivity contribution is 0.569. The van der Waals surface area contributed by atoms with Gasteiger partial charge in [-0.25, -0.2) is 4.98 Å². The van der Waals surface area contributed by atoms with Crippen molar-refractivity contribution >= 4 is 22.7 Å². The van der Waals surface area contributed by atoms with Gasteiger partial charge in [-0.1, -0.05) is 41.5 Å². The van der Waals surface area contributed by atoms with E-state index in [0.29, 0.717) is 0 Å². The fraction of sp³-hybridized carbons (Fsp3) is 0.562. The monoisotopic (exact) mass is 308 g/mol. The highest BCUT2D eigenvalue weighted by Gasteiger charge is 2.23. The standard InChI is InChI=1S/C16H24N2S2/c1-15(2,3)11-9-19-14(18-11)13(17)10-7-8-12(20-10)16(4,5)6/h7-9,13H,17H2,1-6H3. The third kappa shape index (κ3) is 3.30. The summed E-state index contributed by atoms with van der Waals surface area (Å²) in [5.41, 5.74) is 7.78. The molecule has 0 fully saturated rings. The van der Waals surface area contributed by atoms with Crippen molar-refractivity contribution < 1.29 is 0 Å². The first kappa shape index (κ1) is 15.7. The molecule has 110 valence electrons. The zero-order valence-corrected chi connectivity index (χ0v) is 14.8. The Hall–Kier alpha value is -0.710. The summed E-state index contributed by atoms with van der Waals surface area (Å²) in [6.07, 6.45) is 0. The van der Waals surface area contributed by atoms with Crippen LogP contribution in [0.15, 0.2) is 17.5 Å². The number of rotatable bonds is 2. The van der Waals surface area contributed by atoms with Gasteiger partial charge in [0.05, 0.1) is 11.7 Å². The molecule has 2 nitrogen and oxygen atoms in total. The van der Waals surface area contributed by atoms with Crippen LogP contribution < -0.4 is 5.73 Å². The van der Waals surface area contributed by atoms with Crippen LogP contribution >= 0.6 is 22.7 Å². The molecule has 0 aromatic carbocycles. The van der Waals surface area contributed by atoms with E-state index in [1.54, 1.807) is 22.7 Å². The number of hydrogen-bond donors (Lipinski definition) is 1. The first-order valence-electron chi connectivity index (χ1n) is 6.91. The topological polar surface area (TPSA) is 38.9 Å². The van der Waals surface area contributed by atoms with Gasteiger partial charge < -0.3 is 5.73 Å². The van der Waals surface area contributed by atoms with Crippen molar-refractivity contribution in [2.75, 3.05) is 0 Å². The van der Waals surface area contributed by atoms with Gasteiger partial charge in [0, 0.05) is 20.5 Å². The summed E-state index contributed by atoms with van der Waals surface area (Å²) < 4.78 is 0. The van der Waals surface area contributed by atoms with Crippen molar-refractivity contribution in [1.29, 1.82) is 0 Å². The summed E-state index contributed by atoms with van der Waals surface area (Å²) in [6.45, 7) is 13.2. The molecular formula is C16H24N2S2. The van der Waals surface area contributed by atoms with E-state index in [1.165, 1.54) is 9.75 Å². The number of thiophene rings is 1. The molecule has 0 aliphatic rings. The van der Waals surface area contributed by atoms with Gasteiger partial charge in [-0.2, -0.15) is 0 Å². The fourth-order valence-electron chi connectivity index (χ4n) is 1.82. The van der Waals surface area contributed by atoms with Crippen LogP contribution in [0, 0.1) is 0 Å². The number of nitrogens with two attached hydrogens (primary N) is 1. The maximum atomic E-state index is 6.39. The second-order valence-corrected chi connectivity index (χ2v) is 9.26. The van der Waals surface area contributed by atoms with Gasteiger partial charge in [0.25, 0.3) is 0 Å². The molecule has 4 heteroatoms. The molecule has 2 aromatic rings. The van der Waals surface area contributed by atoms with Gasteiger partial charge in [-0.15, -0.1) is 22.7 Å². The molecule has 0 spiro atoms. The number of thiazole rings is 1. The molecule has 2 aromatic heterocycles. The van der Waals surface area contributed by atoms with Crippen LogP contribution in [0.3, 0.4) is 0 Å². The minimum absolute atomic E-state index is 0.0838. The van der Waals surface area contributed by atoms with Crippen molar-refractivity contribution in [3.63, 3.8) is 0 Å². The normalized spacial score (nSPS) is 14.6. The Labute approximate surface area is 130 Å². The van der Waals surface area contributed by atoms with E-state index >= 15 is 0 Å². The maximum Gasteiger partial charge on any atom is 0.115 e. The third-order valence-corrected chi connectivity index (χ3v) is 5.75. The van der Waals surface area contributed by atoms with E-state index in [0.717, 1.165) is 10.7 Å². The summed E-state index contributed by atoms with van der Waals surface area (Å²) in [5.74, 6) is 0. The quantitative estimate of drug-likeness (QED) is 0.861. The molecular weight excluding hydrogens is 284 g/mol. The smallest absolute Gasteiger partial charge is 0.115 e. The minimum atomic E-state index is -0.0998. The predicted molar refractivity (Wildman–Crippen MR) is 89.9 cm³/mol. The van der Waals surface area contributed by atoms with E-state index in [2.05, 4.69) is 59.1 Å². The van der Waals surface area contributed by atoms with Gasteiger partial charge in [-0.05, 0) is 17.5 Å². The first-order chi connectivity index (χ1) is 9.09. The van der Waals surface area contributed by atoms with Crippen LogP contribution in [0.5, 0.6) is 0 Å². The highest BCUT2D eigenvalue weighted by atomic mass is 32.1. The Morgan fingerprint density at radius 2 is 1.70 bits per heavy atom. The molecule has 1 atom stereocenters. The molecule has 20 heavy (non-hydrogen) atoms. The van der Waals surface area contributed by atoms with E-state index < -0.39 is 0 Å². The Balaban J connectivity index is 2.25. The van der Waals surface area contributed by atoms with Gasteiger partial charge in [0.1, 0.15) is 5.01 Å². The van der Waals surface area contributed by atoms with Crippen molar-refractivity contribution in [2.45, 2.75) is 58.4 Å². The van der Waals surface area contributed by atoms with Gasteiger partial charge >= 0.3 is 0 Å². The first-order valence-corrected chi connectivity index (χ1v) is 8.60. The van der Waals surface area contributed by atoms with Crippen molar-refractivity contribution in [3.8, 4) is 0 Å². The maximum absolute atomic E-state index is 6.39. The highest BCUT2D eigenvalue weighted by molar-refractivity contribution is 7.13. The summed E-state index contributed by atoms with van der Waals surface area (Å²) in [4.78, 5) is 7.30. The van der Waals surface area contributed by atoms with Crippen LogP contribution in [-0.2, 0) is 10.8 Å². The van der Waals surface area contributed by atoms with Crippen LogP contribution in [0.25, 0.3) is 0 Å². The van der Waals surface area contributed by atoms with Crippen molar-refractivity contribution in [2.24, 2.45) is 5.73 Å². The van der Waals surface area contributed by atoms with Gasteiger partial charge in [-0.3, -0.25) is 0 Å². The van der Waals surface area contributed by atoms with E-state index in [4.69, 9.17) is 10.7 Å². The molecule has 0 radical (unpaired) electrons. The van der Waals surface area contributed by atoms with Gasteiger partial charge in [0.15, 0.2) is 0 Å². The SMILES string of the molecule is CC(C)(C)c1csc(C(N)c2ccc(C(C)(C)C)s2)n1.